The fourth-order valence-corrected chi connectivity index (χ4v) is 3.36. The van der Waals surface area contributed by atoms with E-state index in [1.807, 2.05) is 43.3 Å². The standard InChI is InChI=1S/C27H27ClN4O4/c1-4-36-24-16-19(14-22(28)25(24)33)17-29-31-27(35)23(30-26(34)20-8-6-5-7-9-20)15-18-10-12-21(13-11-18)32(2)3/h5-17,33H,4H2,1-3H3,(H,30,34)(H,31,35)/b23-15?,29-17+. The van der Waals surface area contributed by atoms with Gasteiger partial charge in [0, 0.05) is 25.3 Å². The van der Waals surface area contributed by atoms with Crippen LogP contribution in [0.4, 0.5) is 5.69 Å². The van der Waals surface area contributed by atoms with Crippen LogP contribution in [0.1, 0.15) is 28.4 Å². The molecular weight excluding hydrogens is 480 g/mol. The van der Waals surface area contributed by atoms with Crippen LogP contribution >= 0.6 is 11.6 Å². The van der Waals surface area contributed by atoms with Crippen LogP contribution in [0.3, 0.4) is 0 Å². The summed E-state index contributed by atoms with van der Waals surface area (Å²) in [6, 6.07) is 19.1. The minimum absolute atomic E-state index is 0.0114. The van der Waals surface area contributed by atoms with Gasteiger partial charge in [-0.2, -0.15) is 5.10 Å². The number of carbonyl (C=O) groups is 2. The van der Waals surface area contributed by atoms with Gasteiger partial charge in [0.1, 0.15) is 5.70 Å². The van der Waals surface area contributed by atoms with E-state index >= 15 is 0 Å². The smallest absolute Gasteiger partial charge is 0.287 e. The third-order valence-corrected chi connectivity index (χ3v) is 5.27. The van der Waals surface area contributed by atoms with E-state index in [1.165, 1.54) is 12.3 Å². The van der Waals surface area contributed by atoms with Crippen molar-refractivity contribution in [3.05, 3.63) is 94.1 Å². The zero-order valence-electron chi connectivity index (χ0n) is 20.2. The Morgan fingerprint density at radius 1 is 1.06 bits per heavy atom. The molecule has 0 aliphatic heterocycles. The zero-order chi connectivity index (χ0) is 26.1. The lowest BCUT2D eigenvalue weighted by atomic mass is 10.1. The molecule has 0 saturated carbocycles. The summed E-state index contributed by atoms with van der Waals surface area (Å²) >= 11 is 6.04. The minimum atomic E-state index is -0.623. The second-order valence-corrected chi connectivity index (χ2v) is 8.25. The first-order valence-corrected chi connectivity index (χ1v) is 11.5. The average Bonchev–Trinajstić information content (AvgIpc) is 2.87. The number of phenols is 1. The number of anilines is 1. The Morgan fingerprint density at radius 3 is 2.39 bits per heavy atom. The molecule has 0 aliphatic carbocycles. The molecule has 36 heavy (non-hydrogen) atoms. The summed E-state index contributed by atoms with van der Waals surface area (Å²) in [5.74, 6) is -1.02. The van der Waals surface area contributed by atoms with Crippen LogP contribution in [0.5, 0.6) is 11.5 Å². The van der Waals surface area contributed by atoms with Crippen molar-refractivity contribution >= 4 is 41.4 Å². The number of aromatic hydroxyl groups is 1. The predicted molar refractivity (Wildman–Crippen MR) is 143 cm³/mol. The molecule has 3 rings (SSSR count). The number of nitrogens with one attached hydrogen (secondary N) is 2. The highest BCUT2D eigenvalue weighted by Gasteiger charge is 2.15. The van der Waals surface area contributed by atoms with Gasteiger partial charge < -0.3 is 20.1 Å². The number of hydrazone groups is 1. The maximum atomic E-state index is 13.0. The zero-order valence-corrected chi connectivity index (χ0v) is 20.9. The molecule has 0 radical (unpaired) electrons. The van der Waals surface area contributed by atoms with Gasteiger partial charge in [-0.15, -0.1) is 0 Å². The lowest BCUT2D eigenvalue weighted by molar-refractivity contribution is -0.117. The normalized spacial score (nSPS) is 11.3. The maximum absolute atomic E-state index is 13.0. The molecule has 0 spiro atoms. The van der Waals surface area contributed by atoms with Crippen LogP contribution in [-0.2, 0) is 4.79 Å². The van der Waals surface area contributed by atoms with Crippen LogP contribution in [0.25, 0.3) is 6.08 Å². The van der Waals surface area contributed by atoms with Crippen molar-refractivity contribution in [2.45, 2.75) is 6.92 Å². The number of phenolic OH excluding ortho intramolecular Hbond substituents is 1. The summed E-state index contributed by atoms with van der Waals surface area (Å²) in [4.78, 5) is 27.6. The van der Waals surface area contributed by atoms with Crippen molar-refractivity contribution in [2.75, 3.05) is 25.6 Å². The van der Waals surface area contributed by atoms with Gasteiger partial charge in [-0.1, -0.05) is 41.9 Å². The molecule has 3 aromatic rings. The second-order valence-electron chi connectivity index (χ2n) is 7.85. The van der Waals surface area contributed by atoms with Gasteiger partial charge in [0.25, 0.3) is 11.8 Å². The quantitative estimate of drug-likeness (QED) is 0.226. The number of carbonyl (C=O) groups excluding carboxylic acids is 2. The number of hydrogen-bond acceptors (Lipinski definition) is 6. The van der Waals surface area contributed by atoms with Crippen molar-refractivity contribution < 1.29 is 19.4 Å². The second kappa shape index (κ2) is 12.4. The van der Waals surface area contributed by atoms with Crippen LogP contribution in [0.2, 0.25) is 5.02 Å². The molecule has 3 N–H and O–H groups in total. The fraction of sp³-hybridized carbons (Fsp3) is 0.148. The number of halogens is 1. The lowest BCUT2D eigenvalue weighted by Gasteiger charge is -2.12. The third-order valence-electron chi connectivity index (χ3n) is 4.98. The largest absolute Gasteiger partial charge is 0.503 e. The minimum Gasteiger partial charge on any atom is -0.503 e. The Morgan fingerprint density at radius 2 is 1.75 bits per heavy atom. The summed E-state index contributed by atoms with van der Waals surface area (Å²) < 4.78 is 5.36. The highest BCUT2D eigenvalue weighted by atomic mass is 35.5. The first kappa shape index (κ1) is 26.3. The van der Waals surface area contributed by atoms with Gasteiger partial charge in [-0.05, 0) is 60.5 Å². The van der Waals surface area contributed by atoms with E-state index in [1.54, 1.807) is 49.4 Å². The highest BCUT2D eigenvalue weighted by Crippen LogP contribution is 2.34. The van der Waals surface area contributed by atoms with Crippen LogP contribution in [-0.4, -0.2) is 43.8 Å². The molecule has 186 valence electrons. The molecule has 0 fully saturated rings. The van der Waals surface area contributed by atoms with Crippen molar-refractivity contribution in [2.24, 2.45) is 5.10 Å². The van der Waals surface area contributed by atoms with Gasteiger partial charge in [0.05, 0.1) is 17.8 Å². The van der Waals surface area contributed by atoms with E-state index in [0.29, 0.717) is 17.7 Å². The average molecular weight is 507 g/mol. The first-order chi connectivity index (χ1) is 17.3. The van der Waals surface area contributed by atoms with Gasteiger partial charge >= 0.3 is 0 Å². The Kier molecular flexibility index (Phi) is 9.07. The van der Waals surface area contributed by atoms with Crippen molar-refractivity contribution in [3.63, 3.8) is 0 Å². The predicted octanol–water partition coefficient (Wildman–Crippen LogP) is 4.43. The summed E-state index contributed by atoms with van der Waals surface area (Å²) in [5.41, 5.74) is 5.05. The Hall–Kier alpha value is -4.30. The van der Waals surface area contributed by atoms with Gasteiger partial charge in [0.2, 0.25) is 0 Å². The summed E-state index contributed by atoms with van der Waals surface area (Å²) in [6.45, 7) is 2.12. The third kappa shape index (κ3) is 7.10. The molecule has 0 heterocycles. The van der Waals surface area contributed by atoms with Crippen molar-refractivity contribution in [1.29, 1.82) is 0 Å². The van der Waals surface area contributed by atoms with E-state index in [9.17, 15) is 14.7 Å². The molecule has 9 heteroatoms. The Balaban J connectivity index is 1.83. The molecule has 0 aliphatic rings. The maximum Gasteiger partial charge on any atom is 0.287 e. The first-order valence-electron chi connectivity index (χ1n) is 11.1. The molecule has 0 bridgehead atoms. The van der Waals surface area contributed by atoms with Crippen LogP contribution in [0, 0.1) is 0 Å². The van der Waals surface area contributed by atoms with E-state index in [-0.39, 0.29) is 22.2 Å². The molecule has 0 aromatic heterocycles. The number of amides is 2. The number of nitrogens with zero attached hydrogens (tertiary/aromatic N) is 2. The van der Waals surface area contributed by atoms with Crippen molar-refractivity contribution in [3.8, 4) is 11.5 Å². The van der Waals surface area contributed by atoms with Crippen molar-refractivity contribution in [1.82, 2.24) is 10.7 Å². The lowest BCUT2D eigenvalue weighted by Crippen LogP contribution is -2.32. The Bertz CT molecular complexity index is 1270. The van der Waals surface area contributed by atoms with Gasteiger partial charge in [0.15, 0.2) is 11.5 Å². The number of ether oxygens (including phenoxy) is 1. The van der Waals surface area contributed by atoms with Gasteiger partial charge in [-0.25, -0.2) is 5.43 Å². The fourth-order valence-electron chi connectivity index (χ4n) is 3.14. The Labute approximate surface area is 214 Å². The summed E-state index contributed by atoms with van der Waals surface area (Å²) in [7, 11) is 3.86. The molecule has 8 nitrogen and oxygen atoms in total. The number of rotatable bonds is 9. The summed E-state index contributed by atoms with van der Waals surface area (Å²) in [6.07, 6.45) is 2.92. The van der Waals surface area contributed by atoms with Crippen LogP contribution < -0.4 is 20.4 Å². The SMILES string of the molecule is CCOc1cc(/C=N/NC(=O)C(=Cc2ccc(N(C)C)cc2)NC(=O)c2ccccc2)cc(Cl)c1O. The molecular formula is C27H27ClN4O4. The molecule has 0 atom stereocenters. The number of benzene rings is 3. The molecule has 3 aromatic carbocycles. The molecule has 2 amide bonds. The summed E-state index contributed by atoms with van der Waals surface area (Å²) in [5, 5.41) is 16.7. The van der Waals surface area contributed by atoms with E-state index in [0.717, 1.165) is 11.3 Å². The monoisotopic (exact) mass is 506 g/mol. The highest BCUT2D eigenvalue weighted by molar-refractivity contribution is 6.32. The van der Waals surface area contributed by atoms with E-state index in [2.05, 4.69) is 15.8 Å². The van der Waals surface area contributed by atoms with Crippen LogP contribution in [0.15, 0.2) is 77.5 Å². The number of hydrogen-bond donors (Lipinski definition) is 3. The molecule has 0 unspecified atom stereocenters. The van der Waals surface area contributed by atoms with E-state index < -0.39 is 11.8 Å². The topological polar surface area (TPSA) is 103 Å². The van der Waals surface area contributed by atoms with Gasteiger partial charge in [-0.3, -0.25) is 9.59 Å². The molecule has 0 saturated heterocycles. The van der Waals surface area contributed by atoms with E-state index in [4.69, 9.17) is 16.3 Å².